The van der Waals surface area contributed by atoms with E-state index in [1.165, 1.54) is 28.0 Å². The molecule has 0 unspecified atom stereocenters. The number of β-lactam (4-membered cyclic amide) rings is 1. The summed E-state index contributed by atoms with van der Waals surface area (Å²) in [5.41, 5.74) is 7.14. The molecule has 0 spiro atoms. The highest BCUT2D eigenvalue weighted by Crippen LogP contribution is 2.43. The summed E-state index contributed by atoms with van der Waals surface area (Å²) in [6, 6.07) is -0.792. The Labute approximate surface area is 181 Å². The number of allylic oxidation sites excluding steroid dienone is 1. The molecule has 4 N–H and O–H groups in total. The van der Waals surface area contributed by atoms with Crippen molar-refractivity contribution >= 4 is 51.6 Å². The third-order valence-electron chi connectivity index (χ3n) is 5.26. The number of carboxylic acid groups (broad SMARTS) is 1. The zero-order valence-corrected chi connectivity index (χ0v) is 17.9. The van der Waals surface area contributed by atoms with Gasteiger partial charge in [0.1, 0.15) is 17.1 Å². The summed E-state index contributed by atoms with van der Waals surface area (Å²) in [5.74, 6) is -1.55. The Bertz CT molecular complexity index is 950. The Morgan fingerprint density at radius 2 is 2.30 bits per heavy atom. The van der Waals surface area contributed by atoms with Crippen LogP contribution in [0.3, 0.4) is 0 Å². The van der Waals surface area contributed by atoms with E-state index in [9.17, 15) is 19.5 Å². The predicted molar refractivity (Wildman–Crippen MR) is 113 cm³/mol. The number of aromatic nitrogens is 1. The lowest BCUT2D eigenvalue weighted by atomic mass is 9.99. The molecule has 4 heterocycles. The first kappa shape index (κ1) is 20.9. The molecule has 2 amide bonds. The van der Waals surface area contributed by atoms with Gasteiger partial charge >= 0.3 is 5.97 Å². The summed E-state index contributed by atoms with van der Waals surface area (Å²) in [7, 11) is 0. The van der Waals surface area contributed by atoms with Crippen LogP contribution in [0.2, 0.25) is 0 Å². The number of nitrogens with one attached hydrogen (secondary N) is 1. The van der Waals surface area contributed by atoms with Gasteiger partial charge < -0.3 is 20.9 Å². The summed E-state index contributed by atoms with van der Waals surface area (Å²) >= 11 is 2.68. The third kappa shape index (κ3) is 3.61. The number of hydrogen-bond donors (Lipinski definition) is 3. The number of amides is 2. The molecule has 9 nitrogen and oxygen atoms in total. The van der Waals surface area contributed by atoms with E-state index in [1.54, 1.807) is 11.5 Å². The fourth-order valence-corrected chi connectivity index (χ4v) is 5.86. The van der Waals surface area contributed by atoms with Crippen LogP contribution < -0.4 is 11.1 Å². The topological polar surface area (TPSA) is 135 Å². The van der Waals surface area contributed by atoms with Crippen molar-refractivity contribution in [3.05, 3.63) is 28.4 Å². The van der Waals surface area contributed by atoms with Gasteiger partial charge in [-0.3, -0.25) is 14.5 Å². The molecule has 0 aliphatic carbocycles. The SMILES string of the molecule is CC/C=C(\C(=O)N[C@@H]1C(=O)N2C(C(=O)O)=C([C@@H]3CCCO3)CS[C@H]12)c1csc(N)n1. The quantitative estimate of drug-likeness (QED) is 0.438. The maximum absolute atomic E-state index is 12.9. The van der Waals surface area contributed by atoms with Crippen molar-refractivity contribution < 1.29 is 24.2 Å². The van der Waals surface area contributed by atoms with E-state index < -0.39 is 29.2 Å². The normalized spacial score (nSPS) is 26.4. The first-order valence-electron chi connectivity index (χ1n) is 9.67. The molecule has 0 aromatic carbocycles. The van der Waals surface area contributed by atoms with Gasteiger partial charge in [-0.05, 0) is 24.8 Å². The first-order valence-corrected chi connectivity index (χ1v) is 11.6. The number of hydrogen-bond acceptors (Lipinski definition) is 8. The van der Waals surface area contributed by atoms with Crippen LogP contribution in [-0.2, 0) is 19.1 Å². The van der Waals surface area contributed by atoms with Gasteiger partial charge in [-0.25, -0.2) is 9.78 Å². The zero-order valence-electron chi connectivity index (χ0n) is 16.3. The molecule has 4 rings (SSSR count). The summed E-state index contributed by atoms with van der Waals surface area (Å²) in [6.07, 6.45) is 3.70. The monoisotopic (exact) mass is 450 g/mol. The van der Waals surface area contributed by atoms with Crippen molar-refractivity contribution in [2.75, 3.05) is 18.1 Å². The van der Waals surface area contributed by atoms with Gasteiger partial charge in [0.25, 0.3) is 11.8 Å². The Morgan fingerprint density at radius 1 is 1.50 bits per heavy atom. The van der Waals surface area contributed by atoms with Crippen molar-refractivity contribution in [2.24, 2.45) is 0 Å². The molecule has 2 fully saturated rings. The fourth-order valence-electron chi connectivity index (χ4n) is 3.89. The van der Waals surface area contributed by atoms with Crippen LogP contribution in [0.15, 0.2) is 22.7 Å². The number of fused-ring (bicyclic) bond motifs is 1. The van der Waals surface area contributed by atoms with E-state index in [0.29, 0.717) is 40.8 Å². The standard InChI is InChI=1S/C19H22N4O5S2/c1-2-4-9(11-8-30-19(20)21-11)15(24)22-13-16(25)23-14(18(26)27)10(7-29-17(13)23)12-5-3-6-28-12/h4,8,12-13,17H,2-3,5-7H2,1H3,(H2,20,21)(H,22,24)(H,26,27)/b9-4-/t12-,13+,17+/m0/s1. The minimum atomic E-state index is -1.14. The third-order valence-corrected chi connectivity index (χ3v) is 7.23. The number of nitrogen functional groups attached to an aromatic ring is 1. The van der Waals surface area contributed by atoms with Crippen LogP contribution in [0.25, 0.3) is 5.57 Å². The predicted octanol–water partition coefficient (Wildman–Crippen LogP) is 1.44. The van der Waals surface area contributed by atoms with Crippen LogP contribution >= 0.6 is 23.1 Å². The van der Waals surface area contributed by atoms with Crippen molar-refractivity contribution in [2.45, 2.75) is 43.7 Å². The van der Waals surface area contributed by atoms with Crippen LogP contribution in [0, 0.1) is 0 Å². The minimum Gasteiger partial charge on any atom is -0.477 e. The fraction of sp³-hybridized carbons (Fsp3) is 0.474. The van der Waals surface area contributed by atoms with E-state index in [-0.39, 0.29) is 11.8 Å². The van der Waals surface area contributed by atoms with E-state index >= 15 is 0 Å². The summed E-state index contributed by atoms with van der Waals surface area (Å²) in [6.45, 7) is 2.49. The number of carbonyl (C=O) groups is 3. The molecule has 3 atom stereocenters. The van der Waals surface area contributed by atoms with Gasteiger partial charge in [0, 0.05) is 17.7 Å². The Morgan fingerprint density at radius 3 is 2.90 bits per heavy atom. The van der Waals surface area contributed by atoms with Crippen molar-refractivity contribution in [1.82, 2.24) is 15.2 Å². The molecule has 30 heavy (non-hydrogen) atoms. The van der Waals surface area contributed by atoms with Gasteiger partial charge in [-0.15, -0.1) is 23.1 Å². The highest BCUT2D eigenvalue weighted by Gasteiger charge is 2.55. The highest BCUT2D eigenvalue weighted by molar-refractivity contribution is 8.00. The molecule has 3 aliphatic heterocycles. The Hall–Kier alpha value is -2.37. The lowest BCUT2D eigenvalue weighted by Gasteiger charge is -2.50. The molecule has 1 aromatic rings. The van der Waals surface area contributed by atoms with Gasteiger partial charge in [0.15, 0.2) is 5.13 Å². The van der Waals surface area contributed by atoms with E-state index in [0.717, 1.165) is 12.8 Å². The Kier molecular flexibility index (Phi) is 5.85. The second kappa shape index (κ2) is 8.40. The molecular weight excluding hydrogens is 428 g/mol. The van der Waals surface area contributed by atoms with Crippen molar-refractivity contribution in [1.29, 1.82) is 0 Å². The number of carbonyl (C=O) groups excluding carboxylic acids is 2. The molecular formula is C19H22N4O5S2. The summed E-state index contributed by atoms with van der Waals surface area (Å²) in [4.78, 5) is 43.1. The first-order chi connectivity index (χ1) is 14.4. The lowest BCUT2D eigenvalue weighted by molar-refractivity contribution is -0.150. The number of rotatable bonds is 6. The molecule has 0 radical (unpaired) electrons. The average molecular weight is 451 g/mol. The molecule has 2 saturated heterocycles. The van der Waals surface area contributed by atoms with Crippen LogP contribution in [0.1, 0.15) is 31.9 Å². The summed E-state index contributed by atoms with van der Waals surface area (Å²) < 4.78 is 5.65. The largest absolute Gasteiger partial charge is 0.477 e. The Balaban J connectivity index is 1.53. The van der Waals surface area contributed by atoms with Gasteiger partial charge in [0.2, 0.25) is 0 Å². The average Bonchev–Trinajstić information content (AvgIpc) is 3.40. The van der Waals surface area contributed by atoms with Gasteiger partial charge in [0.05, 0.1) is 17.4 Å². The number of anilines is 1. The van der Waals surface area contributed by atoms with Gasteiger partial charge in [-0.2, -0.15) is 0 Å². The van der Waals surface area contributed by atoms with Crippen LogP contribution in [0.4, 0.5) is 5.13 Å². The van der Waals surface area contributed by atoms with Crippen molar-refractivity contribution in [3.63, 3.8) is 0 Å². The minimum absolute atomic E-state index is 0.00209. The van der Waals surface area contributed by atoms with Gasteiger partial charge in [-0.1, -0.05) is 13.0 Å². The number of ether oxygens (including phenoxy) is 1. The van der Waals surface area contributed by atoms with E-state index in [1.807, 2.05) is 6.92 Å². The molecule has 3 aliphatic rings. The number of nitrogens with two attached hydrogens (primary N) is 1. The lowest BCUT2D eigenvalue weighted by Crippen LogP contribution is -2.70. The van der Waals surface area contributed by atoms with Crippen LogP contribution in [-0.4, -0.2) is 62.7 Å². The second-order valence-corrected chi connectivity index (χ2v) is 9.13. The number of aliphatic carboxylic acids is 1. The summed E-state index contributed by atoms with van der Waals surface area (Å²) in [5, 5.41) is 14.1. The highest BCUT2D eigenvalue weighted by atomic mass is 32.2. The number of thiazole rings is 1. The molecule has 1 aromatic heterocycles. The smallest absolute Gasteiger partial charge is 0.352 e. The molecule has 160 valence electrons. The molecule has 0 bridgehead atoms. The maximum atomic E-state index is 12.9. The number of carboxylic acids is 1. The second-order valence-electron chi connectivity index (χ2n) is 7.14. The maximum Gasteiger partial charge on any atom is 0.352 e. The number of thioether (sulfide) groups is 1. The zero-order chi connectivity index (χ0) is 21.4. The number of nitrogens with zero attached hydrogens (tertiary/aromatic N) is 2. The van der Waals surface area contributed by atoms with E-state index in [2.05, 4.69) is 10.3 Å². The van der Waals surface area contributed by atoms with E-state index in [4.69, 9.17) is 10.5 Å². The molecule has 0 saturated carbocycles. The van der Waals surface area contributed by atoms with Crippen LogP contribution in [0.5, 0.6) is 0 Å². The molecule has 11 heteroatoms. The van der Waals surface area contributed by atoms with Crippen molar-refractivity contribution in [3.8, 4) is 0 Å².